The molecule has 0 aromatic carbocycles. The molecule has 6 bridgehead atoms. The maximum absolute atomic E-state index is 7.55. The molecule has 0 unspecified atom stereocenters. The second kappa shape index (κ2) is 10.5. The van der Waals surface area contributed by atoms with Crippen LogP contribution < -0.4 is 21.4 Å². The van der Waals surface area contributed by atoms with Crippen LogP contribution in [-0.2, 0) is 28.9 Å². The molecule has 6 rings (SSSR count). The van der Waals surface area contributed by atoms with Crippen molar-refractivity contribution in [1.82, 2.24) is 16.5 Å². The van der Waals surface area contributed by atoms with Crippen molar-refractivity contribution in [3.63, 3.8) is 0 Å². The summed E-state index contributed by atoms with van der Waals surface area (Å²) < 4.78 is 13.0. The van der Waals surface area contributed by atoms with Crippen LogP contribution in [0.5, 0.6) is 0 Å². The van der Waals surface area contributed by atoms with Crippen LogP contribution in [0.25, 0.3) is 24.3 Å². The molecule has 0 aliphatic carbocycles. The van der Waals surface area contributed by atoms with E-state index in [9.17, 15) is 0 Å². The summed E-state index contributed by atoms with van der Waals surface area (Å²) in [7, 11) is -1.95. The molecular weight excluding hydrogens is 590 g/mol. The van der Waals surface area contributed by atoms with Gasteiger partial charge in [0.25, 0.3) is 0 Å². The molecule has 42 heavy (non-hydrogen) atoms. The molecular formula is C35H47GaN4OSi. The van der Waals surface area contributed by atoms with Gasteiger partial charge in [0.15, 0.2) is 0 Å². The number of hydrogen-bond donors (Lipinski definition) is 2. The van der Waals surface area contributed by atoms with Crippen molar-refractivity contribution in [3.05, 3.63) is 88.7 Å². The van der Waals surface area contributed by atoms with E-state index in [4.69, 9.17) is 3.22 Å². The molecule has 7 heteroatoms. The zero-order valence-corrected chi connectivity index (χ0v) is 30.9. The van der Waals surface area contributed by atoms with E-state index in [1.807, 2.05) is 0 Å². The zero-order valence-electron chi connectivity index (χ0n) is 27.5. The Morgan fingerprint density at radius 2 is 0.905 bits per heavy atom. The van der Waals surface area contributed by atoms with Gasteiger partial charge in [-0.15, -0.1) is 0 Å². The van der Waals surface area contributed by atoms with Gasteiger partial charge in [-0.3, -0.25) is 0 Å². The molecule has 0 fully saturated rings. The number of rotatable bonds is 6. The molecule has 2 aliphatic heterocycles. The first-order valence-electron chi connectivity index (χ1n) is 15.9. The quantitative estimate of drug-likeness (QED) is 0.263. The molecule has 0 amide bonds. The normalized spacial score (nSPS) is 17.1. The molecule has 6 heterocycles. The summed E-state index contributed by atoms with van der Waals surface area (Å²) >= 11 is -3.04. The van der Waals surface area contributed by atoms with Crippen LogP contribution in [0.15, 0.2) is 0 Å². The summed E-state index contributed by atoms with van der Waals surface area (Å²) in [5.74, 6) is 0. The minimum absolute atomic E-state index is 0.985. The Morgan fingerprint density at radius 3 is 1.24 bits per heavy atom. The van der Waals surface area contributed by atoms with Crippen molar-refractivity contribution >= 4 is 49.7 Å². The van der Waals surface area contributed by atoms with E-state index in [2.05, 4.69) is 116 Å². The van der Waals surface area contributed by atoms with Crippen molar-refractivity contribution in [2.24, 2.45) is 0 Å². The standard InChI is InChI=1S/C32H38N4.C3H9OSi.Ga/c1-9-21-17(5)25-14-30-23(11-3)19(7)27(35-30)16-32-24(12-4)20(8)28(36-32)15-31-22(10-2)18(6)26(34-31)13-29(21)33-25;1-5(2,3)4;/h13-16,33,36H,9-12H2,1-8H3;1-3H3;/q-2;-1;+3/b25-14-,26-13?,27-16?,28-15-,29-13-,30-14?,31-15?,32-16-;;. The van der Waals surface area contributed by atoms with E-state index in [1.54, 1.807) is 0 Å². The Morgan fingerprint density at radius 1 is 0.548 bits per heavy atom. The van der Waals surface area contributed by atoms with Crippen LogP contribution in [0.1, 0.15) is 95.0 Å². The van der Waals surface area contributed by atoms with Crippen molar-refractivity contribution in [3.8, 4) is 0 Å². The summed E-state index contributed by atoms with van der Waals surface area (Å²) in [6.45, 7) is 25.5. The van der Waals surface area contributed by atoms with Gasteiger partial charge < -0.3 is 0 Å². The van der Waals surface area contributed by atoms with Crippen molar-refractivity contribution < 1.29 is 3.22 Å². The number of nitrogens with one attached hydrogen (secondary N) is 2. The molecule has 220 valence electrons. The Bertz CT molecular complexity index is 1850. The first kappa shape index (κ1) is 29.5. The second-order valence-electron chi connectivity index (χ2n) is 13.1. The first-order valence-corrected chi connectivity index (χ1v) is 22.5. The zero-order chi connectivity index (χ0) is 30.2. The fourth-order valence-electron chi connectivity index (χ4n) is 7.53. The average Bonchev–Trinajstić information content (AvgIpc) is 3.56. The summed E-state index contributed by atoms with van der Waals surface area (Å²) in [6, 6.07) is 0. The third kappa shape index (κ3) is 4.38. The predicted octanol–water partition coefficient (Wildman–Crippen LogP) is 4.60. The average molecular weight is 638 g/mol. The molecule has 5 nitrogen and oxygen atoms in total. The molecule has 0 spiro atoms. The van der Waals surface area contributed by atoms with Crippen LogP contribution in [0.3, 0.4) is 0 Å². The van der Waals surface area contributed by atoms with E-state index in [0.717, 1.165) is 25.7 Å². The van der Waals surface area contributed by atoms with Crippen LogP contribution in [-0.4, -0.2) is 41.9 Å². The molecule has 0 atom stereocenters. The van der Waals surface area contributed by atoms with Gasteiger partial charge in [-0.05, 0) is 0 Å². The van der Waals surface area contributed by atoms with Crippen molar-refractivity contribution in [2.75, 3.05) is 0 Å². The van der Waals surface area contributed by atoms with Crippen molar-refractivity contribution in [2.45, 2.75) is 101 Å². The topological polar surface area (TPSA) is 50.7 Å². The molecule has 0 saturated carbocycles. The molecule has 2 N–H and O–H groups in total. The summed E-state index contributed by atoms with van der Waals surface area (Å²) in [5.41, 5.74) is 16.4. The van der Waals surface area contributed by atoms with E-state index in [-0.39, 0.29) is 0 Å². The fraction of sp³-hybridized carbons (Fsp3) is 0.429. The number of aromatic amines is 2. The number of hydrogen-bond acceptors (Lipinski definition) is 1. The molecule has 4 aromatic heterocycles. The van der Waals surface area contributed by atoms with E-state index < -0.39 is 25.4 Å². The van der Waals surface area contributed by atoms with E-state index >= 15 is 0 Å². The summed E-state index contributed by atoms with van der Waals surface area (Å²) in [6.07, 6.45) is 13.8. The SMILES string of the molecule is CCc1c(C)c2[n]3c1/C=c1\[nH]/c(c(CC)c1C)=C\c1c(C)c(CC)c([n]1[Ga]3[O][Si](C)(C)C)/C=c1\[nH]/c(c(CC)c1C)=C\2. The molecule has 0 radical (unpaired) electrons. The van der Waals surface area contributed by atoms with Crippen molar-refractivity contribution in [1.29, 1.82) is 0 Å². The Kier molecular flexibility index (Phi) is 7.40. The monoisotopic (exact) mass is 636 g/mol. The number of nitrogens with zero attached hydrogens (tertiary/aromatic N) is 2. The van der Waals surface area contributed by atoms with Crippen LogP contribution in [0.2, 0.25) is 19.6 Å². The van der Waals surface area contributed by atoms with Gasteiger partial charge in [-0.1, -0.05) is 0 Å². The predicted molar refractivity (Wildman–Crippen MR) is 181 cm³/mol. The molecule has 0 saturated heterocycles. The molecule has 2 aliphatic rings. The van der Waals surface area contributed by atoms with Gasteiger partial charge in [0.2, 0.25) is 0 Å². The third-order valence-corrected chi connectivity index (χ3v) is 20.6. The van der Waals surface area contributed by atoms with Crippen LogP contribution >= 0.6 is 0 Å². The number of fused-ring (bicyclic) bond motifs is 4. The maximum atomic E-state index is 7.55. The number of H-pyrrole nitrogens is 2. The summed E-state index contributed by atoms with van der Waals surface area (Å²) in [5, 5.41) is 4.94. The Hall–Kier alpha value is -2.59. The molecule has 4 aromatic rings. The second-order valence-corrected chi connectivity index (χ2v) is 22.6. The first-order chi connectivity index (χ1) is 19.9. The third-order valence-electron chi connectivity index (χ3n) is 9.67. The Labute approximate surface area is 257 Å². The summed E-state index contributed by atoms with van der Waals surface area (Å²) in [4.78, 5) is 7.77. The van der Waals surface area contributed by atoms with Gasteiger partial charge in [-0.2, -0.15) is 0 Å². The van der Waals surface area contributed by atoms with E-state index in [0.29, 0.717) is 0 Å². The van der Waals surface area contributed by atoms with Gasteiger partial charge in [0, 0.05) is 0 Å². The van der Waals surface area contributed by atoms with E-state index in [1.165, 1.54) is 88.7 Å². The van der Waals surface area contributed by atoms with Crippen LogP contribution in [0, 0.1) is 27.7 Å². The van der Waals surface area contributed by atoms with Gasteiger partial charge >= 0.3 is 259 Å². The fourth-order valence-corrected chi connectivity index (χ4v) is 18.3. The minimum atomic E-state index is -3.04. The van der Waals surface area contributed by atoms with Gasteiger partial charge in [0.1, 0.15) is 0 Å². The Balaban J connectivity index is 1.98. The van der Waals surface area contributed by atoms with Gasteiger partial charge in [-0.25, -0.2) is 0 Å². The van der Waals surface area contributed by atoms with Crippen LogP contribution in [0.4, 0.5) is 0 Å². The van der Waals surface area contributed by atoms with Gasteiger partial charge in [0.05, 0.1) is 0 Å². The number of aromatic nitrogens is 4.